The van der Waals surface area contributed by atoms with Crippen LogP contribution in [0, 0.1) is 0 Å². The maximum absolute atomic E-state index is 10.7. The van der Waals surface area contributed by atoms with Gasteiger partial charge in [0.15, 0.2) is 0 Å². The van der Waals surface area contributed by atoms with Crippen LogP contribution >= 0.6 is 15.9 Å². The molecule has 1 saturated carbocycles. The van der Waals surface area contributed by atoms with Gasteiger partial charge in [-0.15, -0.1) is 0 Å². The first-order valence-electron chi connectivity index (χ1n) is 6.81. The molecule has 1 aliphatic rings. The van der Waals surface area contributed by atoms with Gasteiger partial charge in [-0.25, -0.2) is 0 Å². The minimum atomic E-state index is -0.507. The van der Waals surface area contributed by atoms with Gasteiger partial charge < -0.3 is 10.4 Å². The van der Waals surface area contributed by atoms with Crippen molar-refractivity contribution in [3.05, 3.63) is 34.3 Å². The third-order valence-corrected chi connectivity index (χ3v) is 4.32. The third-order valence-electron chi connectivity index (χ3n) is 3.83. The van der Waals surface area contributed by atoms with Gasteiger partial charge in [-0.2, -0.15) is 0 Å². The molecule has 0 radical (unpaired) electrons. The van der Waals surface area contributed by atoms with E-state index in [1.165, 1.54) is 5.56 Å². The Labute approximate surface area is 118 Å². The molecular weight excluding hydrogens is 290 g/mol. The third kappa shape index (κ3) is 3.81. The van der Waals surface area contributed by atoms with E-state index in [0.717, 1.165) is 43.1 Å². The molecule has 2 rings (SSSR count). The Morgan fingerprint density at radius 2 is 2.11 bits per heavy atom. The van der Waals surface area contributed by atoms with Crippen LogP contribution in [0.3, 0.4) is 0 Å². The minimum Gasteiger partial charge on any atom is -0.390 e. The second-order valence-electron chi connectivity index (χ2n) is 5.36. The molecule has 0 spiro atoms. The number of hydrogen-bond acceptors (Lipinski definition) is 2. The molecule has 0 unspecified atom stereocenters. The van der Waals surface area contributed by atoms with Crippen LogP contribution in [0.15, 0.2) is 28.7 Å². The van der Waals surface area contributed by atoms with Crippen molar-refractivity contribution in [2.75, 3.05) is 6.54 Å². The highest BCUT2D eigenvalue weighted by Crippen LogP contribution is 2.31. The Morgan fingerprint density at radius 1 is 1.39 bits per heavy atom. The Balaban J connectivity index is 1.93. The summed E-state index contributed by atoms with van der Waals surface area (Å²) in [5.41, 5.74) is 0.709. The molecular formula is C15H22BrNO. The quantitative estimate of drug-likeness (QED) is 0.894. The van der Waals surface area contributed by atoms with Gasteiger partial charge in [0.1, 0.15) is 0 Å². The zero-order chi connectivity index (χ0) is 13.0. The largest absolute Gasteiger partial charge is 0.390 e. The number of benzene rings is 1. The summed E-state index contributed by atoms with van der Waals surface area (Å²) in [6, 6.07) is 8.86. The summed E-state index contributed by atoms with van der Waals surface area (Å²) in [4.78, 5) is 0. The maximum Gasteiger partial charge on any atom is 0.0689 e. The van der Waals surface area contributed by atoms with Gasteiger partial charge in [-0.3, -0.25) is 0 Å². The van der Waals surface area contributed by atoms with E-state index in [4.69, 9.17) is 0 Å². The van der Waals surface area contributed by atoms with Crippen LogP contribution in [0.5, 0.6) is 0 Å². The molecule has 0 bridgehead atoms. The summed E-state index contributed by atoms with van der Waals surface area (Å²) < 4.78 is 1.09. The zero-order valence-corrected chi connectivity index (χ0v) is 12.5. The van der Waals surface area contributed by atoms with E-state index in [1.807, 2.05) is 12.1 Å². The second-order valence-corrected chi connectivity index (χ2v) is 6.28. The molecule has 18 heavy (non-hydrogen) atoms. The lowest BCUT2D eigenvalue weighted by molar-refractivity contribution is -0.00295. The standard InChI is InChI=1S/C15H22BrNO/c1-2-17-14-6-8-15(18,9-7-14)11-12-4-3-5-13(16)10-12/h3-5,10,14,17-18H,2,6-9,11H2,1H3. The van der Waals surface area contributed by atoms with Crippen molar-refractivity contribution in [1.82, 2.24) is 5.32 Å². The predicted molar refractivity (Wildman–Crippen MR) is 78.7 cm³/mol. The van der Waals surface area contributed by atoms with E-state index in [-0.39, 0.29) is 0 Å². The van der Waals surface area contributed by atoms with Crippen LogP contribution < -0.4 is 5.32 Å². The molecule has 1 fully saturated rings. The van der Waals surface area contributed by atoms with Crippen LogP contribution in [-0.2, 0) is 6.42 Å². The van der Waals surface area contributed by atoms with Crippen LogP contribution in [0.25, 0.3) is 0 Å². The monoisotopic (exact) mass is 311 g/mol. The van der Waals surface area contributed by atoms with Gasteiger partial charge in [0.25, 0.3) is 0 Å². The van der Waals surface area contributed by atoms with Crippen LogP contribution in [0.1, 0.15) is 38.2 Å². The highest BCUT2D eigenvalue weighted by molar-refractivity contribution is 9.10. The fourth-order valence-electron chi connectivity index (χ4n) is 2.85. The number of nitrogens with one attached hydrogen (secondary N) is 1. The summed E-state index contributed by atoms with van der Waals surface area (Å²) in [6.07, 6.45) is 4.73. The van der Waals surface area contributed by atoms with Gasteiger partial charge in [-0.05, 0) is 49.9 Å². The molecule has 0 heterocycles. The van der Waals surface area contributed by atoms with Crippen molar-refractivity contribution in [2.24, 2.45) is 0 Å². The number of hydrogen-bond donors (Lipinski definition) is 2. The number of aliphatic hydroxyl groups is 1. The summed E-state index contributed by atoms with van der Waals surface area (Å²) >= 11 is 3.48. The molecule has 2 nitrogen and oxygen atoms in total. The van der Waals surface area contributed by atoms with Gasteiger partial charge in [0.2, 0.25) is 0 Å². The van der Waals surface area contributed by atoms with Gasteiger partial charge in [0.05, 0.1) is 5.60 Å². The van der Waals surface area contributed by atoms with Gasteiger partial charge in [0, 0.05) is 16.9 Å². The Hall–Kier alpha value is -0.380. The highest BCUT2D eigenvalue weighted by atomic mass is 79.9. The van der Waals surface area contributed by atoms with E-state index < -0.39 is 5.60 Å². The Bertz CT molecular complexity index is 386. The first-order valence-corrected chi connectivity index (χ1v) is 7.61. The van der Waals surface area contributed by atoms with Crippen molar-refractivity contribution in [3.8, 4) is 0 Å². The van der Waals surface area contributed by atoms with E-state index >= 15 is 0 Å². The van der Waals surface area contributed by atoms with Crippen LogP contribution in [0.2, 0.25) is 0 Å². The summed E-state index contributed by atoms with van der Waals surface area (Å²) in [5, 5.41) is 14.1. The molecule has 1 aliphatic carbocycles. The summed E-state index contributed by atoms with van der Waals surface area (Å²) in [6.45, 7) is 3.16. The van der Waals surface area contributed by atoms with Crippen molar-refractivity contribution >= 4 is 15.9 Å². The lowest BCUT2D eigenvalue weighted by Crippen LogP contribution is -2.42. The predicted octanol–water partition coefficient (Wildman–Crippen LogP) is 3.27. The molecule has 0 amide bonds. The average Bonchev–Trinajstić information content (AvgIpc) is 2.32. The SMILES string of the molecule is CCNC1CCC(O)(Cc2cccc(Br)c2)CC1. The average molecular weight is 312 g/mol. The summed E-state index contributed by atoms with van der Waals surface area (Å²) in [5.74, 6) is 0. The lowest BCUT2D eigenvalue weighted by atomic mass is 9.78. The first-order chi connectivity index (χ1) is 8.61. The van der Waals surface area contributed by atoms with Crippen molar-refractivity contribution in [2.45, 2.75) is 50.7 Å². The zero-order valence-electron chi connectivity index (χ0n) is 11.0. The fourth-order valence-corrected chi connectivity index (χ4v) is 3.30. The molecule has 0 saturated heterocycles. The molecule has 3 heteroatoms. The number of rotatable bonds is 4. The van der Waals surface area contributed by atoms with Crippen LogP contribution in [0.4, 0.5) is 0 Å². The van der Waals surface area contributed by atoms with E-state index in [9.17, 15) is 5.11 Å². The van der Waals surface area contributed by atoms with E-state index in [1.54, 1.807) is 0 Å². The molecule has 1 aromatic carbocycles. The number of halogens is 1. The Morgan fingerprint density at radius 3 is 2.72 bits per heavy atom. The molecule has 2 N–H and O–H groups in total. The van der Waals surface area contributed by atoms with Crippen molar-refractivity contribution in [1.29, 1.82) is 0 Å². The van der Waals surface area contributed by atoms with Crippen LogP contribution in [-0.4, -0.2) is 23.3 Å². The topological polar surface area (TPSA) is 32.3 Å². The molecule has 0 atom stereocenters. The summed E-state index contributed by atoms with van der Waals surface area (Å²) in [7, 11) is 0. The molecule has 100 valence electrons. The molecule has 0 aromatic heterocycles. The smallest absolute Gasteiger partial charge is 0.0689 e. The Kier molecular flexibility index (Phi) is 4.82. The van der Waals surface area contributed by atoms with E-state index in [0.29, 0.717) is 6.04 Å². The van der Waals surface area contributed by atoms with Crippen molar-refractivity contribution in [3.63, 3.8) is 0 Å². The normalized spacial score (nSPS) is 28.3. The van der Waals surface area contributed by atoms with Gasteiger partial charge in [-0.1, -0.05) is 35.0 Å². The second kappa shape index (κ2) is 6.18. The molecule has 1 aromatic rings. The minimum absolute atomic E-state index is 0.507. The van der Waals surface area contributed by atoms with Gasteiger partial charge >= 0.3 is 0 Å². The molecule has 0 aliphatic heterocycles. The first kappa shape index (κ1) is 14.0. The fraction of sp³-hybridized carbons (Fsp3) is 0.600. The lowest BCUT2D eigenvalue weighted by Gasteiger charge is -2.36. The van der Waals surface area contributed by atoms with Crippen molar-refractivity contribution < 1.29 is 5.11 Å². The maximum atomic E-state index is 10.7. The highest BCUT2D eigenvalue weighted by Gasteiger charge is 2.32. The van der Waals surface area contributed by atoms with E-state index in [2.05, 4.69) is 40.3 Å².